The lowest BCUT2D eigenvalue weighted by molar-refractivity contribution is -0.121. The molecule has 3 heterocycles. The van der Waals surface area contributed by atoms with E-state index in [1.807, 2.05) is 23.5 Å². The molecule has 3 aromatic heterocycles. The standard InChI is InChI=1S/C26H33N5O2S/c1-5-24-28-30(26(33)22-15-23-21(31(22)24)14-19(4)34-23)17-25(32)27-12-9-13-29(18(2)3)16-20-10-7-6-8-11-20/h6-8,10-11,14-15,18H,5,9,12-13,16-17H2,1-4H3,(H,27,32). The number of amides is 1. The number of carbonyl (C=O) groups is 1. The average Bonchev–Trinajstić information content (AvgIpc) is 3.34. The van der Waals surface area contributed by atoms with Gasteiger partial charge in [0.05, 0.1) is 10.2 Å². The van der Waals surface area contributed by atoms with Crippen LogP contribution < -0.4 is 10.9 Å². The molecule has 0 fully saturated rings. The molecule has 1 N–H and O–H groups in total. The smallest absolute Gasteiger partial charge is 0.291 e. The predicted molar refractivity (Wildman–Crippen MR) is 139 cm³/mol. The Hall–Kier alpha value is -2.97. The summed E-state index contributed by atoms with van der Waals surface area (Å²) in [4.78, 5) is 29.3. The van der Waals surface area contributed by atoms with E-state index in [1.54, 1.807) is 11.3 Å². The first kappa shape index (κ1) is 24.2. The molecule has 4 aromatic rings. The van der Waals surface area contributed by atoms with Gasteiger partial charge in [0, 0.05) is 37.0 Å². The second-order valence-corrected chi connectivity index (χ2v) is 10.2. The number of rotatable bonds is 10. The molecule has 0 aliphatic carbocycles. The molecule has 8 heteroatoms. The minimum atomic E-state index is -0.234. The van der Waals surface area contributed by atoms with Crippen molar-refractivity contribution in [1.29, 1.82) is 0 Å². The van der Waals surface area contributed by atoms with Gasteiger partial charge in [0.15, 0.2) is 0 Å². The van der Waals surface area contributed by atoms with E-state index in [1.165, 1.54) is 15.1 Å². The zero-order valence-corrected chi connectivity index (χ0v) is 21.2. The Morgan fingerprint density at radius 3 is 2.65 bits per heavy atom. The van der Waals surface area contributed by atoms with Crippen molar-refractivity contribution >= 4 is 33.0 Å². The number of thiophene rings is 1. The van der Waals surface area contributed by atoms with Gasteiger partial charge in [-0.1, -0.05) is 37.3 Å². The summed E-state index contributed by atoms with van der Waals surface area (Å²) in [7, 11) is 0. The predicted octanol–water partition coefficient (Wildman–Crippen LogP) is 4.00. The molecule has 0 aliphatic heterocycles. The third-order valence-corrected chi connectivity index (χ3v) is 7.06. The number of hydrogen-bond acceptors (Lipinski definition) is 5. The van der Waals surface area contributed by atoms with Crippen molar-refractivity contribution in [1.82, 2.24) is 24.4 Å². The maximum absolute atomic E-state index is 13.1. The van der Waals surface area contributed by atoms with Crippen LogP contribution in [0.4, 0.5) is 0 Å². The topological polar surface area (TPSA) is 71.6 Å². The van der Waals surface area contributed by atoms with Gasteiger partial charge in [0.2, 0.25) is 5.91 Å². The van der Waals surface area contributed by atoms with Gasteiger partial charge < -0.3 is 5.32 Å². The highest BCUT2D eigenvalue weighted by Crippen LogP contribution is 2.28. The van der Waals surface area contributed by atoms with E-state index in [2.05, 4.69) is 66.4 Å². The highest BCUT2D eigenvalue weighted by atomic mass is 32.1. The molecule has 34 heavy (non-hydrogen) atoms. The number of fused-ring (bicyclic) bond motifs is 3. The summed E-state index contributed by atoms with van der Waals surface area (Å²) in [5.41, 5.74) is 2.64. The van der Waals surface area contributed by atoms with Crippen LogP contribution in [0.5, 0.6) is 0 Å². The van der Waals surface area contributed by atoms with Crippen molar-refractivity contribution < 1.29 is 4.79 Å². The lowest BCUT2D eigenvalue weighted by Gasteiger charge is -2.26. The summed E-state index contributed by atoms with van der Waals surface area (Å²) in [6, 6.07) is 14.8. The maximum atomic E-state index is 13.1. The third-order valence-electron chi connectivity index (χ3n) is 6.07. The number of nitrogens with one attached hydrogen (secondary N) is 1. The highest BCUT2D eigenvalue weighted by Gasteiger charge is 2.17. The first-order valence-corrected chi connectivity index (χ1v) is 12.7. The molecular weight excluding hydrogens is 446 g/mol. The SMILES string of the molecule is CCc1nn(CC(=O)NCCCN(Cc2ccccc2)C(C)C)c(=O)c2cc3sc(C)cc3n12. The fourth-order valence-electron chi connectivity index (χ4n) is 4.29. The molecule has 0 saturated carbocycles. The van der Waals surface area contributed by atoms with Gasteiger partial charge in [0.1, 0.15) is 17.9 Å². The molecule has 180 valence electrons. The molecule has 7 nitrogen and oxygen atoms in total. The van der Waals surface area contributed by atoms with E-state index in [4.69, 9.17) is 0 Å². The van der Waals surface area contributed by atoms with Crippen LogP contribution in [0.15, 0.2) is 47.3 Å². The first-order valence-electron chi connectivity index (χ1n) is 11.9. The number of aryl methyl sites for hydroxylation is 2. The Balaban J connectivity index is 1.37. The summed E-state index contributed by atoms with van der Waals surface area (Å²) in [5.74, 6) is 0.591. The number of benzene rings is 1. The van der Waals surface area contributed by atoms with Crippen LogP contribution in [0.3, 0.4) is 0 Å². The monoisotopic (exact) mass is 479 g/mol. The van der Waals surface area contributed by atoms with Crippen molar-refractivity contribution in [3.8, 4) is 0 Å². The van der Waals surface area contributed by atoms with Gasteiger partial charge in [0.25, 0.3) is 5.56 Å². The number of hydrogen-bond donors (Lipinski definition) is 1. The molecule has 0 saturated heterocycles. The van der Waals surface area contributed by atoms with Gasteiger partial charge in [-0.25, -0.2) is 4.68 Å². The summed E-state index contributed by atoms with van der Waals surface area (Å²) >= 11 is 1.66. The molecule has 0 unspecified atom stereocenters. The molecule has 1 aromatic carbocycles. The number of aromatic nitrogens is 3. The Labute approximate surface area is 204 Å². The van der Waals surface area contributed by atoms with E-state index in [-0.39, 0.29) is 18.0 Å². The minimum absolute atomic E-state index is 0.0713. The minimum Gasteiger partial charge on any atom is -0.354 e. The highest BCUT2D eigenvalue weighted by molar-refractivity contribution is 7.19. The van der Waals surface area contributed by atoms with Crippen LogP contribution in [0.1, 0.15) is 43.5 Å². The van der Waals surface area contributed by atoms with Crippen LogP contribution in [-0.2, 0) is 24.3 Å². The van der Waals surface area contributed by atoms with Gasteiger partial charge in [-0.05, 0) is 44.9 Å². The van der Waals surface area contributed by atoms with Gasteiger partial charge in [-0.15, -0.1) is 11.3 Å². The number of nitrogens with zero attached hydrogens (tertiary/aromatic N) is 4. The van der Waals surface area contributed by atoms with Crippen molar-refractivity contribution in [2.24, 2.45) is 0 Å². The van der Waals surface area contributed by atoms with Crippen molar-refractivity contribution in [2.45, 2.75) is 59.7 Å². The molecule has 0 spiro atoms. The first-order chi connectivity index (χ1) is 16.4. The van der Waals surface area contributed by atoms with Gasteiger partial charge in [-0.3, -0.25) is 18.9 Å². The van der Waals surface area contributed by atoms with Crippen LogP contribution in [0.25, 0.3) is 15.7 Å². The fourth-order valence-corrected chi connectivity index (χ4v) is 5.23. The molecule has 4 rings (SSSR count). The Morgan fingerprint density at radius 1 is 1.18 bits per heavy atom. The lowest BCUT2D eigenvalue weighted by atomic mass is 10.2. The van der Waals surface area contributed by atoms with E-state index in [9.17, 15) is 9.59 Å². The van der Waals surface area contributed by atoms with Crippen molar-refractivity contribution in [3.63, 3.8) is 0 Å². The van der Waals surface area contributed by atoms with Gasteiger partial charge >= 0.3 is 0 Å². The van der Waals surface area contributed by atoms with Gasteiger partial charge in [-0.2, -0.15) is 5.10 Å². The number of carbonyl (C=O) groups excluding carboxylic acids is 1. The Bertz CT molecular complexity index is 1340. The molecule has 1 amide bonds. The van der Waals surface area contributed by atoms with E-state index < -0.39 is 0 Å². The van der Waals surface area contributed by atoms with Crippen molar-refractivity contribution in [2.75, 3.05) is 13.1 Å². The summed E-state index contributed by atoms with van der Waals surface area (Å²) in [5, 5.41) is 7.48. The summed E-state index contributed by atoms with van der Waals surface area (Å²) in [6.07, 6.45) is 1.51. The van der Waals surface area contributed by atoms with Crippen LogP contribution >= 0.6 is 11.3 Å². The van der Waals surface area contributed by atoms with Crippen LogP contribution in [-0.4, -0.2) is 44.1 Å². The van der Waals surface area contributed by atoms with Crippen LogP contribution in [0, 0.1) is 6.92 Å². The van der Waals surface area contributed by atoms with Crippen molar-refractivity contribution in [3.05, 3.63) is 69.1 Å². The van der Waals surface area contributed by atoms with E-state index in [0.29, 0.717) is 24.5 Å². The zero-order valence-electron chi connectivity index (χ0n) is 20.4. The average molecular weight is 480 g/mol. The molecule has 0 atom stereocenters. The van der Waals surface area contributed by atoms with E-state index >= 15 is 0 Å². The normalized spacial score (nSPS) is 11.8. The zero-order chi connectivity index (χ0) is 24.2. The molecule has 0 bridgehead atoms. The second-order valence-electron chi connectivity index (χ2n) is 8.96. The molecule has 0 aliphatic rings. The molecule has 0 radical (unpaired) electrons. The quantitative estimate of drug-likeness (QED) is 0.349. The van der Waals surface area contributed by atoms with Crippen LogP contribution in [0.2, 0.25) is 0 Å². The molecular formula is C26H33N5O2S. The fraction of sp³-hybridized carbons (Fsp3) is 0.423. The Morgan fingerprint density at radius 2 is 1.94 bits per heavy atom. The Kier molecular flexibility index (Phi) is 7.48. The maximum Gasteiger partial charge on any atom is 0.291 e. The third kappa shape index (κ3) is 5.23. The largest absolute Gasteiger partial charge is 0.354 e. The summed E-state index contributed by atoms with van der Waals surface area (Å²) < 4.78 is 4.30. The lowest BCUT2D eigenvalue weighted by Crippen LogP contribution is -2.37. The second kappa shape index (κ2) is 10.5. The van der Waals surface area contributed by atoms with E-state index in [0.717, 1.165) is 35.6 Å². The summed E-state index contributed by atoms with van der Waals surface area (Å²) in [6.45, 7) is 10.7.